The van der Waals surface area contributed by atoms with E-state index in [0.29, 0.717) is 11.5 Å². The highest BCUT2D eigenvalue weighted by atomic mass is 16.5. The van der Waals surface area contributed by atoms with Crippen LogP contribution in [0.5, 0.6) is 11.5 Å². The number of amides is 1. The Hall–Kier alpha value is -4.39. The summed E-state index contributed by atoms with van der Waals surface area (Å²) in [6, 6.07) is 26.0. The van der Waals surface area contributed by atoms with Crippen molar-refractivity contribution in [3.8, 4) is 22.8 Å². The molecule has 0 spiro atoms. The molecule has 5 rings (SSSR count). The predicted molar refractivity (Wildman–Crippen MR) is 135 cm³/mol. The predicted octanol–water partition coefficient (Wildman–Crippen LogP) is 4.55. The smallest absolute Gasteiger partial charge is 0.244 e. The number of carbonyl (C=O) groups excluding carboxylic acids is 1. The fourth-order valence-electron chi connectivity index (χ4n) is 4.72. The molecule has 0 bridgehead atoms. The van der Waals surface area contributed by atoms with Crippen LogP contribution >= 0.6 is 0 Å². The van der Waals surface area contributed by atoms with Crippen LogP contribution in [0.15, 0.2) is 90.2 Å². The third-order valence-electron chi connectivity index (χ3n) is 6.57. The van der Waals surface area contributed by atoms with Crippen molar-refractivity contribution in [3.05, 3.63) is 102 Å². The average molecular weight is 467 g/mol. The molecule has 0 unspecified atom stereocenters. The minimum atomic E-state index is -0.331. The Bertz CT molecular complexity index is 1310. The fourth-order valence-corrected chi connectivity index (χ4v) is 4.72. The Morgan fingerprint density at radius 2 is 1.66 bits per heavy atom. The Morgan fingerprint density at radius 3 is 2.29 bits per heavy atom. The number of ether oxygens (including phenoxy) is 2. The molecule has 1 amide bonds. The Labute approximate surface area is 203 Å². The lowest BCUT2D eigenvalue weighted by molar-refractivity contribution is -0.122. The molecule has 0 aliphatic heterocycles. The van der Waals surface area contributed by atoms with E-state index in [1.807, 2.05) is 54.6 Å². The van der Waals surface area contributed by atoms with Gasteiger partial charge in [0.05, 0.1) is 38.2 Å². The zero-order chi connectivity index (χ0) is 24.3. The molecule has 1 aliphatic rings. The molecule has 176 valence electrons. The van der Waals surface area contributed by atoms with Gasteiger partial charge in [0.2, 0.25) is 5.91 Å². The highest BCUT2D eigenvalue weighted by molar-refractivity contribution is 5.91. The van der Waals surface area contributed by atoms with Crippen molar-refractivity contribution >= 4 is 12.1 Å². The van der Waals surface area contributed by atoms with E-state index in [0.717, 1.165) is 34.4 Å². The summed E-state index contributed by atoms with van der Waals surface area (Å²) < 4.78 is 10.7. The van der Waals surface area contributed by atoms with Crippen LogP contribution in [0.1, 0.15) is 23.1 Å². The number of benzene rings is 3. The summed E-state index contributed by atoms with van der Waals surface area (Å²) >= 11 is 0. The molecule has 1 atom stereocenters. The summed E-state index contributed by atoms with van der Waals surface area (Å²) in [6.45, 7) is 0. The molecular weight excluding hydrogens is 440 g/mol. The molecule has 0 saturated heterocycles. The van der Waals surface area contributed by atoms with E-state index in [4.69, 9.17) is 9.47 Å². The summed E-state index contributed by atoms with van der Waals surface area (Å²) in [4.78, 5) is 13.1. The first-order chi connectivity index (χ1) is 17.2. The molecule has 7 nitrogen and oxygen atoms in total. The molecule has 7 heteroatoms. The van der Waals surface area contributed by atoms with Gasteiger partial charge in [0.1, 0.15) is 0 Å². The zero-order valence-electron chi connectivity index (χ0n) is 19.6. The van der Waals surface area contributed by atoms with Gasteiger partial charge < -0.3 is 9.47 Å². The maximum atomic E-state index is 13.1. The maximum absolute atomic E-state index is 13.1. The van der Waals surface area contributed by atoms with Gasteiger partial charge in [-0.3, -0.25) is 9.89 Å². The molecule has 35 heavy (non-hydrogen) atoms. The molecule has 4 aromatic rings. The van der Waals surface area contributed by atoms with Gasteiger partial charge in [0.25, 0.3) is 0 Å². The van der Waals surface area contributed by atoms with E-state index in [1.54, 1.807) is 26.6 Å². The monoisotopic (exact) mass is 466 g/mol. The highest BCUT2D eigenvalue weighted by Gasteiger charge is 2.60. The normalized spacial score (nSPS) is 16.1. The van der Waals surface area contributed by atoms with Gasteiger partial charge in [0.15, 0.2) is 11.5 Å². The van der Waals surface area contributed by atoms with Crippen LogP contribution in [-0.4, -0.2) is 36.5 Å². The van der Waals surface area contributed by atoms with Crippen LogP contribution < -0.4 is 14.9 Å². The van der Waals surface area contributed by atoms with Crippen LogP contribution in [0.2, 0.25) is 0 Å². The van der Waals surface area contributed by atoms with Gasteiger partial charge in [-0.2, -0.15) is 10.2 Å². The van der Waals surface area contributed by atoms with Gasteiger partial charge in [-0.25, -0.2) is 5.43 Å². The molecule has 2 N–H and O–H groups in total. The van der Waals surface area contributed by atoms with Crippen molar-refractivity contribution in [2.45, 2.75) is 11.8 Å². The minimum absolute atomic E-state index is 0.106. The van der Waals surface area contributed by atoms with Crippen LogP contribution in [0.4, 0.5) is 0 Å². The van der Waals surface area contributed by atoms with Crippen molar-refractivity contribution in [1.29, 1.82) is 0 Å². The van der Waals surface area contributed by atoms with Gasteiger partial charge in [-0.1, -0.05) is 60.7 Å². The number of hydrazone groups is 1. The van der Waals surface area contributed by atoms with Crippen LogP contribution in [0.3, 0.4) is 0 Å². The lowest BCUT2D eigenvalue weighted by Crippen LogP contribution is -2.25. The van der Waals surface area contributed by atoms with Gasteiger partial charge in [-0.15, -0.1) is 0 Å². The molecule has 1 aromatic heterocycles. The number of nitrogens with zero attached hydrogens (tertiary/aromatic N) is 2. The second-order valence-electron chi connectivity index (χ2n) is 8.46. The zero-order valence-corrected chi connectivity index (χ0v) is 19.6. The first-order valence-corrected chi connectivity index (χ1v) is 11.4. The first kappa shape index (κ1) is 22.4. The van der Waals surface area contributed by atoms with E-state index >= 15 is 0 Å². The second kappa shape index (κ2) is 9.46. The molecule has 1 fully saturated rings. The standard InChI is InChI=1S/C28H26N4O3/c1-34-24-14-13-19(15-25(24)35-2)26-20(17-29-31-26)18-30-32-27(33)23-16-28(23,21-9-5-3-6-10-21)22-11-7-4-8-12-22/h3-15,17-18,23H,16H2,1-2H3,(H,29,31)(H,32,33)/t23-/m0/s1. The minimum Gasteiger partial charge on any atom is -0.493 e. The number of carbonyl (C=O) groups is 1. The van der Waals surface area contributed by atoms with Crippen LogP contribution in [0, 0.1) is 5.92 Å². The number of methoxy groups -OCH3 is 2. The summed E-state index contributed by atoms with van der Waals surface area (Å²) in [5.74, 6) is 0.954. The van der Waals surface area contributed by atoms with Crippen molar-refractivity contribution in [2.75, 3.05) is 14.2 Å². The number of aromatic amines is 1. The molecule has 1 heterocycles. The lowest BCUT2D eigenvalue weighted by Gasteiger charge is -2.18. The van der Waals surface area contributed by atoms with Crippen LogP contribution in [0.25, 0.3) is 11.3 Å². The number of hydrogen-bond acceptors (Lipinski definition) is 5. The fraction of sp³-hybridized carbons (Fsp3) is 0.179. The topological polar surface area (TPSA) is 88.6 Å². The Morgan fingerprint density at radius 1 is 1.00 bits per heavy atom. The first-order valence-electron chi connectivity index (χ1n) is 11.4. The quantitative estimate of drug-likeness (QED) is 0.295. The summed E-state index contributed by atoms with van der Waals surface area (Å²) in [6.07, 6.45) is 4.00. The number of hydrogen-bond donors (Lipinski definition) is 2. The second-order valence-corrected chi connectivity index (χ2v) is 8.46. The van der Waals surface area contributed by atoms with Crippen molar-refractivity contribution in [1.82, 2.24) is 15.6 Å². The third-order valence-corrected chi connectivity index (χ3v) is 6.57. The molecule has 3 aromatic carbocycles. The number of H-pyrrole nitrogens is 1. The third kappa shape index (κ3) is 4.17. The van der Waals surface area contributed by atoms with E-state index in [-0.39, 0.29) is 17.2 Å². The highest BCUT2D eigenvalue weighted by Crippen LogP contribution is 2.58. The number of nitrogens with one attached hydrogen (secondary N) is 2. The summed E-state index contributed by atoms with van der Waals surface area (Å²) in [5.41, 5.74) is 7.06. The van der Waals surface area contributed by atoms with E-state index in [2.05, 4.69) is 45.0 Å². The van der Waals surface area contributed by atoms with Gasteiger partial charge >= 0.3 is 0 Å². The van der Waals surface area contributed by atoms with Gasteiger partial charge in [0, 0.05) is 16.5 Å². The van der Waals surface area contributed by atoms with Gasteiger partial charge in [-0.05, 0) is 35.7 Å². The van der Waals surface area contributed by atoms with E-state index in [1.165, 1.54) is 0 Å². The molecular formula is C28H26N4O3. The Kier molecular flexibility index (Phi) is 6.06. The van der Waals surface area contributed by atoms with Crippen molar-refractivity contribution in [2.24, 2.45) is 11.0 Å². The number of rotatable bonds is 8. The molecule has 1 aliphatic carbocycles. The Balaban J connectivity index is 1.34. The molecule has 1 saturated carbocycles. The SMILES string of the molecule is COc1ccc(-c2[nH]ncc2C=NNC(=O)[C@@H]2CC2(c2ccccc2)c2ccccc2)cc1OC. The largest absolute Gasteiger partial charge is 0.493 e. The lowest BCUT2D eigenvalue weighted by atomic mass is 9.85. The summed E-state index contributed by atoms with van der Waals surface area (Å²) in [7, 11) is 3.19. The van der Waals surface area contributed by atoms with E-state index in [9.17, 15) is 4.79 Å². The van der Waals surface area contributed by atoms with Crippen molar-refractivity contribution < 1.29 is 14.3 Å². The summed E-state index contributed by atoms with van der Waals surface area (Å²) in [5, 5.41) is 11.4. The van der Waals surface area contributed by atoms with E-state index < -0.39 is 0 Å². The number of aromatic nitrogens is 2. The maximum Gasteiger partial charge on any atom is 0.244 e. The van der Waals surface area contributed by atoms with Crippen molar-refractivity contribution in [3.63, 3.8) is 0 Å². The average Bonchev–Trinajstić information content (AvgIpc) is 3.52. The molecule has 0 radical (unpaired) electrons. The van der Waals surface area contributed by atoms with Crippen LogP contribution in [-0.2, 0) is 10.2 Å².